The van der Waals surface area contributed by atoms with E-state index in [2.05, 4.69) is 10.3 Å². The van der Waals surface area contributed by atoms with Crippen LogP contribution in [0.1, 0.15) is 27.9 Å². The second-order valence-electron chi connectivity index (χ2n) is 5.28. The lowest BCUT2D eigenvalue weighted by molar-refractivity contribution is 0.0996. The van der Waals surface area contributed by atoms with Crippen molar-refractivity contribution in [1.82, 2.24) is 4.98 Å². The van der Waals surface area contributed by atoms with Crippen molar-refractivity contribution in [3.8, 4) is 0 Å². The molecule has 2 aromatic rings. The normalized spacial score (nSPS) is 17.1. The molecule has 1 heterocycles. The minimum absolute atomic E-state index is 0.0192. The molecule has 0 aliphatic heterocycles. The van der Waals surface area contributed by atoms with Crippen LogP contribution in [-0.4, -0.2) is 16.9 Å². The molecule has 0 radical (unpaired) electrons. The fourth-order valence-corrected chi connectivity index (χ4v) is 2.78. The van der Waals surface area contributed by atoms with Crippen LogP contribution in [0.5, 0.6) is 0 Å². The summed E-state index contributed by atoms with van der Waals surface area (Å²) in [5.41, 5.74) is 8.12. The number of rotatable bonds is 3. The van der Waals surface area contributed by atoms with E-state index in [9.17, 15) is 9.18 Å². The predicted molar refractivity (Wildman–Crippen MR) is 78.6 cm³/mol. The second-order valence-corrected chi connectivity index (χ2v) is 5.28. The molecule has 1 unspecified atom stereocenters. The molecule has 1 atom stereocenters. The Labute approximate surface area is 122 Å². The number of aryl methyl sites for hydroxylation is 1. The van der Waals surface area contributed by atoms with Gasteiger partial charge in [-0.25, -0.2) is 4.39 Å². The third kappa shape index (κ3) is 2.86. The van der Waals surface area contributed by atoms with Crippen molar-refractivity contribution in [2.24, 2.45) is 5.73 Å². The Morgan fingerprint density at radius 3 is 2.76 bits per heavy atom. The summed E-state index contributed by atoms with van der Waals surface area (Å²) in [6.07, 6.45) is 5.93. The van der Waals surface area contributed by atoms with Crippen LogP contribution >= 0.6 is 0 Å². The number of fused-ring (bicyclic) bond motifs is 1. The van der Waals surface area contributed by atoms with Gasteiger partial charge in [0.05, 0.1) is 5.56 Å². The fourth-order valence-electron chi connectivity index (χ4n) is 2.78. The molecule has 1 aromatic carbocycles. The number of hydrogen-bond acceptors (Lipinski definition) is 3. The first-order chi connectivity index (χ1) is 10.1. The van der Waals surface area contributed by atoms with E-state index < -0.39 is 11.7 Å². The lowest BCUT2D eigenvalue weighted by Crippen LogP contribution is -2.28. The molecule has 108 valence electrons. The Balaban J connectivity index is 1.79. The van der Waals surface area contributed by atoms with E-state index in [1.165, 1.54) is 6.07 Å². The van der Waals surface area contributed by atoms with Crippen LogP contribution in [0, 0.1) is 5.82 Å². The molecule has 4 nitrogen and oxygen atoms in total. The van der Waals surface area contributed by atoms with Crippen LogP contribution in [-0.2, 0) is 12.8 Å². The molecule has 1 aromatic heterocycles. The number of nitrogens with zero attached hydrogens (tertiary/aromatic N) is 1. The molecular weight excluding hydrogens is 269 g/mol. The maximum absolute atomic E-state index is 13.9. The molecule has 0 bridgehead atoms. The summed E-state index contributed by atoms with van der Waals surface area (Å²) < 4.78 is 13.9. The first-order valence-electron chi connectivity index (χ1n) is 6.91. The van der Waals surface area contributed by atoms with Crippen molar-refractivity contribution in [1.29, 1.82) is 0 Å². The molecule has 3 N–H and O–H groups in total. The molecule has 0 saturated carbocycles. The number of hydrogen-bond donors (Lipinski definition) is 2. The lowest BCUT2D eigenvalue weighted by atomic mass is 9.86. The van der Waals surface area contributed by atoms with Crippen molar-refractivity contribution in [2.75, 3.05) is 5.32 Å². The first-order valence-corrected chi connectivity index (χ1v) is 6.91. The zero-order valence-electron chi connectivity index (χ0n) is 11.5. The van der Waals surface area contributed by atoms with Crippen molar-refractivity contribution >= 4 is 11.6 Å². The molecular formula is C16H16FN3O. The third-order valence-electron chi connectivity index (χ3n) is 3.83. The van der Waals surface area contributed by atoms with Crippen LogP contribution < -0.4 is 11.1 Å². The van der Waals surface area contributed by atoms with Crippen molar-refractivity contribution < 1.29 is 9.18 Å². The van der Waals surface area contributed by atoms with Gasteiger partial charge in [0.2, 0.25) is 0 Å². The molecule has 1 aliphatic rings. The maximum Gasteiger partial charge on any atom is 0.251 e. The number of nitrogens with two attached hydrogens (primary N) is 1. The monoisotopic (exact) mass is 285 g/mol. The minimum atomic E-state index is -0.715. The van der Waals surface area contributed by atoms with Crippen LogP contribution in [0.25, 0.3) is 0 Å². The van der Waals surface area contributed by atoms with Gasteiger partial charge in [-0.05, 0) is 54.7 Å². The van der Waals surface area contributed by atoms with E-state index >= 15 is 0 Å². The van der Waals surface area contributed by atoms with Gasteiger partial charge in [-0.2, -0.15) is 0 Å². The molecule has 1 aliphatic carbocycles. The summed E-state index contributed by atoms with van der Waals surface area (Å²) in [5, 5.41) is 3.42. The molecule has 5 heteroatoms. The van der Waals surface area contributed by atoms with E-state index in [-0.39, 0.29) is 11.6 Å². The largest absolute Gasteiger partial charge is 0.382 e. The van der Waals surface area contributed by atoms with Crippen LogP contribution in [0.4, 0.5) is 10.1 Å². The van der Waals surface area contributed by atoms with E-state index in [1.54, 1.807) is 18.5 Å². The van der Waals surface area contributed by atoms with E-state index in [0.717, 1.165) is 36.1 Å². The van der Waals surface area contributed by atoms with Gasteiger partial charge in [0.25, 0.3) is 5.91 Å². The highest BCUT2D eigenvalue weighted by molar-refractivity contribution is 5.93. The smallest absolute Gasteiger partial charge is 0.251 e. The van der Waals surface area contributed by atoms with Gasteiger partial charge in [0.15, 0.2) is 0 Å². The zero-order valence-corrected chi connectivity index (χ0v) is 11.5. The fraction of sp³-hybridized carbons (Fsp3) is 0.250. The molecule has 0 spiro atoms. The van der Waals surface area contributed by atoms with Gasteiger partial charge < -0.3 is 11.1 Å². The SMILES string of the molecule is NC(=O)c1cc2c(cc1F)CC(Nc1ccncc1)CC2. The number of primary amides is 1. The number of nitrogens with one attached hydrogen (secondary N) is 1. The highest BCUT2D eigenvalue weighted by Gasteiger charge is 2.21. The maximum atomic E-state index is 13.9. The van der Waals surface area contributed by atoms with E-state index in [4.69, 9.17) is 5.73 Å². The first kappa shape index (κ1) is 13.5. The number of aromatic nitrogens is 1. The zero-order chi connectivity index (χ0) is 14.8. The Bertz CT molecular complexity index is 673. The Morgan fingerprint density at radius 2 is 2.05 bits per heavy atom. The number of pyridine rings is 1. The minimum Gasteiger partial charge on any atom is -0.382 e. The number of halogens is 1. The quantitative estimate of drug-likeness (QED) is 0.909. The van der Waals surface area contributed by atoms with E-state index in [1.807, 2.05) is 12.1 Å². The summed E-state index contributed by atoms with van der Waals surface area (Å²) >= 11 is 0. The molecule has 21 heavy (non-hydrogen) atoms. The van der Waals surface area contributed by atoms with Gasteiger partial charge in [-0.1, -0.05) is 0 Å². The van der Waals surface area contributed by atoms with Gasteiger partial charge in [0.1, 0.15) is 5.82 Å². The third-order valence-corrected chi connectivity index (χ3v) is 3.83. The van der Waals surface area contributed by atoms with Crippen molar-refractivity contribution in [2.45, 2.75) is 25.3 Å². The molecule has 0 fully saturated rings. The molecule has 3 rings (SSSR count). The van der Waals surface area contributed by atoms with Gasteiger partial charge in [0, 0.05) is 24.1 Å². The second kappa shape index (κ2) is 5.52. The van der Waals surface area contributed by atoms with Crippen LogP contribution in [0.15, 0.2) is 36.7 Å². The Morgan fingerprint density at radius 1 is 1.29 bits per heavy atom. The van der Waals surface area contributed by atoms with Crippen LogP contribution in [0.3, 0.4) is 0 Å². The highest BCUT2D eigenvalue weighted by Crippen LogP contribution is 2.26. The molecule has 0 saturated heterocycles. The van der Waals surface area contributed by atoms with Gasteiger partial charge >= 0.3 is 0 Å². The standard InChI is InChI=1S/C16H16FN3O/c17-15-9-11-7-13(20-12-3-5-19-6-4-12)2-1-10(11)8-14(15)16(18)21/h3-6,8-9,13H,1-2,7H2,(H2,18,21)(H,19,20). The van der Waals surface area contributed by atoms with Crippen molar-refractivity contribution in [3.05, 3.63) is 59.2 Å². The van der Waals surface area contributed by atoms with Gasteiger partial charge in [-0.3, -0.25) is 9.78 Å². The number of anilines is 1. The summed E-state index contributed by atoms with van der Waals surface area (Å²) in [6.45, 7) is 0. The average molecular weight is 285 g/mol. The summed E-state index contributed by atoms with van der Waals surface area (Å²) in [6, 6.07) is 7.10. The van der Waals surface area contributed by atoms with Crippen molar-refractivity contribution in [3.63, 3.8) is 0 Å². The topological polar surface area (TPSA) is 68.0 Å². The number of amides is 1. The Kier molecular flexibility index (Phi) is 3.56. The van der Waals surface area contributed by atoms with Crippen LogP contribution in [0.2, 0.25) is 0 Å². The summed E-state index contributed by atoms with van der Waals surface area (Å²) in [7, 11) is 0. The number of benzene rings is 1. The summed E-state index contributed by atoms with van der Waals surface area (Å²) in [5.74, 6) is -1.25. The average Bonchev–Trinajstić information content (AvgIpc) is 2.47. The predicted octanol–water partition coefficient (Wildman–Crippen LogP) is 2.29. The Hall–Kier alpha value is -2.43. The number of carbonyl (C=O) groups excluding carboxylic acids is 1. The highest BCUT2D eigenvalue weighted by atomic mass is 19.1. The lowest BCUT2D eigenvalue weighted by Gasteiger charge is -2.26. The molecule has 1 amide bonds. The van der Waals surface area contributed by atoms with Gasteiger partial charge in [-0.15, -0.1) is 0 Å². The summed E-state index contributed by atoms with van der Waals surface area (Å²) in [4.78, 5) is 15.2. The number of carbonyl (C=O) groups is 1. The van der Waals surface area contributed by atoms with E-state index in [0.29, 0.717) is 0 Å².